The molecule has 0 amide bonds. The van der Waals surface area contributed by atoms with E-state index in [-0.39, 0.29) is 18.3 Å². The summed E-state index contributed by atoms with van der Waals surface area (Å²) in [6, 6.07) is 7.22. The minimum absolute atomic E-state index is 0.0136. The van der Waals surface area contributed by atoms with Gasteiger partial charge >= 0.3 is 0 Å². The zero-order valence-electron chi connectivity index (χ0n) is 8.32. The lowest BCUT2D eigenvalue weighted by Crippen LogP contribution is -1.99. The van der Waals surface area contributed by atoms with Crippen LogP contribution in [0.2, 0.25) is 0 Å². The van der Waals surface area contributed by atoms with Crippen molar-refractivity contribution in [2.24, 2.45) is 0 Å². The Bertz CT molecular complexity index is 341. The van der Waals surface area contributed by atoms with Gasteiger partial charge in [-0.1, -0.05) is 36.4 Å². The molecule has 0 bridgehead atoms. The number of Topliss-reactive ketones (excluding diaryl/α,β-unsaturated/α-hetero) is 1. The van der Waals surface area contributed by atoms with E-state index >= 15 is 0 Å². The number of rotatable bonds is 5. The van der Waals surface area contributed by atoms with Crippen molar-refractivity contribution in [1.29, 1.82) is 0 Å². The summed E-state index contributed by atoms with van der Waals surface area (Å²) >= 11 is 5.44. The van der Waals surface area contributed by atoms with E-state index < -0.39 is 0 Å². The molecule has 0 aromatic heterocycles. The Labute approximate surface area is 94.2 Å². The molecule has 0 atom stereocenters. The molecule has 3 heteroatoms. The first kappa shape index (κ1) is 12.0. The molecule has 1 N–H and O–H groups in total. The fraction of sp³-hybridized carbons (Fsp3) is 0.250. The van der Waals surface area contributed by atoms with Gasteiger partial charge in [-0.3, -0.25) is 4.79 Å². The van der Waals surface area contributed by atoms with E-state index in [1.165, 1.54) is 0 Å². The molecule has 1 aromatic carbocycles. The van der Waals surface area contributed by atoms with Crippen LogP contribution in [0.5, 0.6) is 0 Å². The van der Waals surface area contributed by atoms with Crippen molar-refractivity contribution in [3.63, 3.8) is 0 Å². The number of halogens is 1. The summed E-state index contributed by atoms with van der Waals surface area (Å²) in [5.74, 6) is -0.0535. The molecule has 0 aliphatic rings. The number of ketones is 1. The van der Waals surface area contributed by atoms with E-state index in [2.05, 4.69) is 0 Å². The van der Waals surface area contributed by atoms with Crippen LogP contribution in [0, 0.1) is 0 Å². The highest BCUT2D eigenvalue weighted by atomic mass is 35.5. The molecule has 15 heavy (non-hydrogen) atoms. The van der Waals surface area contributed by atoms with Crippen LogP contribution in [0.3, 0.4) is 0 Å². The Morgan fingerprint density at radius 3 is 2.53 bits per heavy atom. The van der Waals surface area contributed by atoms with Crippen molar-refractivity contribution in [3.8, 4) is 0 Å². The SMILES string of the molecule is O=C(CCl)c1ccc(C=CCCO)cc1. The van der Waals surface area contributed by atoms with Crippen LogP contribution in [0.15, 0.2) is 30.3 Å². The maximum atomic E-state index is 11.2. The maximum absolute atomic E-state index is 11.2. The Hall–Kier alpha value is -1.12. The summed E-state index contributed by atoms with van der Waals surface area (Å²) in [7, 11) is 0. The van der Waals surface area contributed by atoms with E-state index in [4.69, 9.17) is 16.7 Å². The number of carbonyl (C=O) groups excluding carboxylic acids is 1. The first-order valence-electron chi connectivity index (χ1n) is 4.74. The number of hydrogen-bond acceptors (Lipinski definition) is 2. The average molecular weight is 225 g/mol. The van der Waals surface area contributed by atoms with Gasteiger partial charge in [0.2, 0.25) is 0 Å². The van der Waals surface area contributed by atoms with Crippen LogP contribution < -0.4 is 0 Å². The van der Waals surface area contributed by atoms with E-state index in [1.54, 1.807) is 12.1 Å². The highest BCUT2D eigenvalue weighted by molar-refractivity contribution is 6.30. The summed E-state index contributed by atoms with van der Waals surface area (Å²) in [6.07, 6.45) is 4.44. The highest BCUT2D eigenvalue weighted by Crippen LogP contribution is 2.08. The third-order valence-electron chi connectivity index (χ3n) is 1.96. The molecule has 0 spiro atoms. The van der Waals surface area contributed by atoms with Crippen LogP contribution in [-0.4, -0.2) is 23.4 Å². The molecule has 0 saturated carbocycles. The molecule has 0 radical (unpaired) electrons. The van der Waals surface area contributed by atoms with Crippen molar-refractivity contribution < 1.29 is 9.90 Å². The summed E-state index contributed by atoms with van der Waals surface area (Å²) < 4.78 is 0. The normalized spacial score (nSPS) is 10.8. The Kier molecular flexibility index (Phi) is 5.08. The number of aliphatic hydroxyl groups is 1. The van der Waals surface area contributed by atoms with Gasteiger partial charge in [0.15, 0.2) is 5.78 Å². The second kappa shape index (κ2) is 6.38. The number of aliphatic hydroxyl groups excluding tert-OH is 1. The maximum Gasteiger partial charge on any atom is 0.177 e. The monoisotopic (exact) mass is 224 g/mol. The predicted molar refractivity (Wildman–Crippen MR) is 62.2 cm³/mol. The average Bonchev–Trinajstić information content (AvgIpc) is 2.29. The minimum atomic E-state index is -0.0671. The van der Waals surface area contributed by atoms with Crippen LogP contribution in [0.4, 0.5) is 0 Å². The largest absolute Gasteiger partial charge is 0.396 e. The van der Waals surface area contributed by atoms with Gasteiger partial charge < -0.3 is 5.11 Å². The third kappa shape index (κ3) is 3.86. The van der Waals surface area contributed by atoms with Crippen molar-refractivity contribution in [1.82, 2.24) is 0 Å². The van der Waals surface area contributed by atoms with Gasteiger partial charge in [0.1, 0.15) is 0 Å². The molecule has 1 rings (SSSR count). The molecule has 0 unspecified atom stereocenters. The summed E-state index contributed by atoms with van der Waals surface area (Å²) in [5, 5.41) is 8.58. The van der Waals surface area contributed by atoms with Crippen molar-refractivity contribution in [2.45, 2.75) is 6.42 Å². The van der Waals surface area contributed by atoms with Gasteiger partial charge in [-0.2, -0.15) is 0 Å². The van der Waals surface area contributed by atoms with Crippen LogP contribution in [-0.2, 0) is 0 Å². The summed E-state index contributed by atoms with van der Waals surface area (Å²) in [6.45, 7) is 0.152. The molecule has 0 aliphatic carbocycles. The molecular formula is C12H13ClO2. The van der Waals surface area contributed by atoms with Gasteiger partial charge in [-0.25, -0.2) is 0 Å². The topological polar surface area (TPSA) is 37.3 Å². The van der Waals surface area contributed by atoms with Crippen molar-refractivity contribution >= 4 is 23.5 Å². The second-order valence-corrected chi connectivity index (χ2v) is 3.36. The highest BCUT2D eigenvalue weighted by Gasteiger charge is 2.01. The number of alkyl halides is 1. The quantitative estimate of drug-likeness (QED) is 0.617. The number of hydrogen-bond donors (Lipinski definition) is 1. The molecule has 0 heterocycles. The number of benzene rings is 1. The predicted octanol–water partition coefficient (Wildman–Crippen LogP) is 2.50. The Balaban J connectivity index is 2.68. The molecule has 0 saturated heterocycles. The lowest BCUT2D eigenvalue weighted by atomic mass is 10.1. The first-order valence-corrected chi connectivity index (χ1v) is 5.28. The third-order valence-corrected chi connectivity index (χ3v) is 2.20. The molecule has 0 fully saturated rings. The molecule has 2 nitrogen and oxygen atoms in total. The van der Waals surface area contributed by atoms with Gasteiger partial charge in [0, 0.05) is 12.2 Å². The standard InChI is InChI=1S/C12H13ClO2/c13-9-12(15)11-6-4-10(5-7-11)3-1-2-8-14/h1,3-7,14H,2,8-9H2. The fourth-order valence-corrected chi connectivity index (χ4v) is 1.31. The van der Waals surface area contributed by atoms with E-state index in [1.807, 2.05) is 24.3 Å². The Morgan fingerprint density at radius 2 is 2.00 bits per heavy atom. The van der Waals surface area contributed by atoms with Crippen molar-refractivity contribution in [2.75, 3.05) is 12.5 Å². The zero-order chi connectivity index (χ0) is 11.1. The van der Waals surface area contributed by atoms with E-state index in [0.29, 0.717) is 12.0 Å². The lowest BCUT2D eigenvalue weighted by molar-refractivity contribution is 0.102. The summed E-state index contributed by atoms with van der Waals surface area (Å²) in [5.41, 5.74) is 1.64. The van der Waals surface area contributed by atoms with E-state index in [0.717, 1.165) is 5.56 Å². The Morgan fingerprint density at radius 1 is 1.33 bits per heavy atom. The van der Waals surface area contributed by atoms with Crippen LogP contribution >= 0.6 is 11.6 Å². The van der Waals surface area contributed by atoms with Gasteiger partial charge in [0.05, 0.1) is 5.88 Å². The van der Waals surface area contributed by atoms with Gasteiger partial charge in [-0.05, 0) is 12.0 Å². The van der Waals surface area contributed by atoms with Crippen LogP contribution in [0.25, 0.3) is 6.08 Å². The zero-order valence-corrected chi connectivity index (χ0v) is 9.07. The summed E-state index contributed by atoms with van der Waals surface area (Å²) in [4.78, 5) is 11.2. The van der Waals surface area contributed by atoms with E-state index in [9.17, 15) is 4.79 Å². The molecular weight excluding hydrogens is 212 g/mol. The smallest absolute Gasteiger partial charge is 0.177 e. The lowest BCUT2D eigenvalue weighted by Gasteiger charge is -1.97. The number of carbonyl (C=O) groups is 1. The van der Waals surface area contributed by atoms with Crippen LogP contribution in [0.1, 0.15) is 22.3 Å². The second-order valence-electron chi connectivity index (χ2n) is 3.09. The molecule has 0 aliphatic heterocycles. The minimum Gasteiger partial charge on any atom is -0.396 e. The van der Waals surface area contributed by atoms with Crippen molar-refractivity contribution in [3.05, 3.63) is 41.5 Å². The first-order chi connectivity index (χ1) is 7.27. The molecule has 1 aromatic rings. The molecule has 80 valence electrons. The van der Waals surface area contributed by atoms with Gasteiger partial charge in [0.25, 0.3) is 0 Å². The van der Waals surface area contributed by atoms with Gasteiger partial charge in [-0.15, -0.1) is 11.6 Å². The fourth-order valence-electron chi connectivity index (χ4n) is 1.15.